The first-order valence-corrected chi connectivity index (χ1v) is 26.5. The first kappa shape index (κ1) is 58.2. The van der Waals surface area contributed by atoms with Crippen LogP contribution in [0.25, 0.3) is 0 Å². The number of rotatable bonds is 47. The Balaban J connectivity index is 4.06. The van der Waals surface area contributed by atoms with E-state index in [1.165, 1.54) is 154 Å². The van der Waals surface area contributed by atoms with Gasteiger partial charge in [0.05, 0.1) is 13.2 Å². The van der Waals surface area contributed by atoms with Crippen LogP contribution in [-0.4, -0.2) is 49.3 Å². The van der Waals surface area contributed by atoms with Gasteiger partial charge in [0.2, 0.25) is 0 Å². The van der Waals surface area contributed by atoms with Gasteiger partial charge in [0.25, 0.3) is 0 Å². The highest BCUT2D eigenvalue weighted by Crippen LogP contribution is 2.43. The Morgan fingerprint density at radius 1 is 0.500 bits per heavy atom. The van der Waals surface area contributed by atoms with Crippen molar-refractivity contribution in [2.75, 3.05) is 26.4 Å². The Kier molecular flexibility index (Phi) is 45.3. The highest BCUT2D eigenvalue weighted by Gasteiger charge is 2.26. The molecule has 0 fully saturated rings. The number of phosphoric ester groups is 1. The summed E-state index contributed by atoms with van der Waals surface area (Å²) in [5.41, 5.74) is 5.36. The largest absolute Gasteiger partial charge is 0.472 e. The van der Waals surface area contributed by atoms with E-state index >= 15 is 0 Å². The molecule has 60 heavy (non-hydrogen) atoms. The van der Waals surface area contributed by atoms with Crippen LogP contribution in [0.15, 0.2) is 36.5 Å². The lowest BCUT2D eigenvalue weighted by molar-refractivity contribution is -0.161. The predicted molar refractivity (Wildman–Crippen MR) is 252 cm³/mol. The fraction of sp³-hybridized carbons (Fsp3) is 0.840. The van der Waals surface area contributed by atoms with E-state index in [0.717, 1.165) is 51.4 Å². The number of ether oxygens (including phenoxy) is 2. The summed E-state index contributed by atoms with van der Waals surface area (Å²) in [6.07, 6.45) is 53.2. The molecule has 3 N–H and O–H groups in total. The molecule has 0 aromatic rings. The fourth-order valence-electron chi connectivity index (χ4n) is 7.01. The average molecular weight is 868 g/mol. The maximum atomic E-state index is 12.6. The second-order valence-corrected chi connectivity index (χ2v) is 18.1. The van der Waals surface area contributed by atoms with Gasteiger partial charge in [-0.3, -0.25) is 18.6 Å². The van der Waals surface area contributed by atoms with E-state index in [9.17, 15) is 19.0 Å². The van der Waals surface area contributed by atoms with Crippen molar-refractivity contribution >= 4 is 19.8 Å². The van der Waals surface area contributed by atoms with Gasteiger partial charge in [-0.1, -0.05) is 192 Å². The summed E-state index contributed by atoms with van der Waals surface area (Å²) in [5, 5.41) is 0. The van der Waals surface area contributed by atoms with Gasteiger partial charge < -0.3 is 20.1 Å². The number of unbranched alkanes of at least 4 members (excludes halogenated alkanes) is 28. The zero-order valence-electron chi connectivity index (χ0n) is 38.9. The van der Waals surface area contributed by atoms with Crippen molar-refractivity contribution in [2.24, 2.45) is 5.73 Å². The van der Waals surface area contributed by atoms with E-state index < -0.39 is 26.5 Å². The number of carbonyl (C=O) groups is 2. The molecular formula is C50H94NO8P. The van der Waals surface area contributed by atoms with Gasteiger partial charge in [-0.2, -0.15) is 0 Å². The van der Waals surface area contributed by atoms with Gasteiger partial charge >= 0.3 is 19.8 Å². The topological polar surface area (TPSA) is 134 Å². The van der Waals surface area contributed by atoms with Crippen LogP contribution in [0.5, 0.6) is 0 Å². The van der Waals surface area contributed by atoms with Crippen LogP contribution in [0, 0.1) is 0 Å². The molecule has 0 amide bonds. The lowest BCUT2D eigenvalue weighted by Gasteiger charge is -2.19. The number of hydrogen-bond acceptors (Lipinski definition) is 8. The second-order valence-electron chi connectivity index (χ2n) is 16.7. The van der Waals surface area contributed by atoms with Crippen LogP contribution < -0.4 is 5.73 Å². The van der Waals surface area contributed by atoms with Gasteiger partial charge in [-0.05, 0) is 70.6 Å². The number of esters is 2. The number of hydrogen-bond donors (Lipinski definition) is 2. The minimum absolute atomic E-state index is 0.0518. The molecule has 2 unspecified atom stereocenters. The zero-order chi connectivity index (χ0) is 43.9. The van der Waals surface area contributed by atoms with Crippen LogP contribution in [0.1, 0.15) is 239 Å². The minimum Gasteiger partial charge on any atom is -0.462 e. The predicted octanol–water partition coefficient (Wildman–Crippen LogP) is 14.9. The van der Waals surface area contributed by atoms with Crippen molar-refractivity contribution in [3.8, 4) is 0 Å². The first-order valence-electron chi connectivity index (χ1n) is 25.0. The molecule has 0 heterocycles. The van der Waals surface area contributed by atoms with Gasteiger partial charge in [0, 0.05) is 19.4 Å². The van der Waals surface area contributed by atoms with Crippen LogP contribution >= 0.6 is 7.82 Å². The monoisotopic (exact) mass is 868 g/mol. The summed E-state index contributed by atoms with van der Waals surface area (Å²) in [7, 11) is -4.38. The lowest BCUT2D eigenvalue weighted by atomic mass is 10.1. The molecule has 0 rings (SSSR count). The van der Waals surface area contributed by atoms with E-state index in [1.807, 2.05) is 0 Å². The molecule has 0 aliphatic heterocycles. The maximum absolute atomic E-state index is 12.6. The Morgan fingerprint density at radius 2 is 0.867 bits per heavy atom. The summed E-state index contributed by atoms with van der Waals surface area (Å²) in [5.74, 6) is -0.833. The molecule has 0 spiro atoms. The Labute approximate surface area is 369 Å². The quantitative estimate of drug-likeness (QED) is 0.0265. The summed E-state index contributed by atoms with van der Waals surface area (Å²) in [6, 6.07) is 0. The summed E-state index contributed by atoms with van der Waals surface area (Å²) in [6.45, 7) is 3.73. The Bertz CT molecular complexity index is 1080. The highest BCUT2D eigenvalue weighted by molar-refractivity contribution is 7.47. The average Bonchev–Trinajstić information content (AvgIpc) is 3.24. The smallest absolute Gasteiger partial charge is 0.462 e. The molecule has 9 nitrogen and oxygen atoms in total. The van der Waals surface area contributed by atoms with Crippen LogP contribution in [0.4, 0.5) is 0 Å². The number of nitrogens with two attached hydrogens (primary N) is 1. The number of carbonyl (C=O) groups excluding carboxylic acids is 2. The third-order valence-electron chi connectivity index (χ3n) is 10.7. The molecule has 0 saturated heterocycles. The second kappa shape index (κ2) is 46.7. The summed E-state index contributed by atoms with van der Waals surface area (Å²) >= 11 is 0. The number of allylic oxidation sites excluding steroid dienone is 6. The molecule has 0 aromatic heterocycles. The molecule has 352 valence electrons. The van der Waals surface area contributed by atoms with E-state index in [1.54, 1.807) is 0 Å². The van der Waals surface area contributed by atoms with Gasteiger partial charge in [0.1, 0.15) is 6.61 Å². The van der Waals surface area contributed by atoms with Crippen molar-refractivity contribution in [3.63, 3.8) is 0 Å². The lowest BCUT2D eigenvalue weighted by Crippen LogP contribution is -2.29. The minimum atomic E-state index is -4.38. The highest BCUT2D eigenvalue weighted by atomic mass is 31.2. The molecule has 0 saturated carbocycles. The van der Waals surface area contributed by atoms with Crippen molar-refractivity contribution in [1.29, 1.82) is 0 Å². The van der Waals surface area contributed by atoms with Crippen LogP contribution in [0.3, 0.4) is 0 Å². The van der Waals surface area contributed by atoms with Crippen LogP contribution in [0.2, 0.25) is 0 Å². The van der Waals surface area contributed by atoms with Crippen molar-refractivity contribution in [1.82, 2.24) is 0 Å². The van der Waals surface area contributed by atoms with Crippen molar-refractivity contribution < 1.29 is 37.6 Å². The normalized spacial score (nSPS) is 13.5. The molecule has 0 aliphatic carbocycles. The Morgan fingerprint density at radius 3 is 1.30 bits per heavy atom. The molecule has 0 aliphatic rings. The molecule has 2 atom stereocenters. The Hall–Kier alpha value is -1.77. The zero-order valence-corrected chi connectivity index (χ0v) is 39.8. The first-order chi connectivity index (χ1) is 29.3. The van der Waals surface area contributed by atoms with Gasteiger partial charge in [-0.25, -0.2) is 4.57 Å². The van der Waals surface area contributed by atoms with Gasteiger partial charge in [-0.15, -0.1) is 0 Å². The third kappa shape index (κ3) is 45.7. The maximum Gasteiger partial charge on any atom is 0.472 e. The molecule has 0 radical (unpaired) electrons. The van der Waals surface area contributed by atoms with Gasteiger partial charge in [0.15, 0.2) is 6.10 Å². The van der Waals surface area contributed by atoms with E-state index in [0.29, 0.717) is 6.42 Å². The van der Waals surface area contributed by atoms with Crippen molar-refractivity contribution in [3.05, 3.63) is 36.5 Å². The van der Waals surface area contributed by atoms with E-state index in [2.05, 4.69) is 50.3 Å². The SMILES string of the molecule is CCCCCC/C=C\C/C=C\CCCCCCCCCC(=O)OC(COC(=O)CCCCCCCCCCC/C=C\CCCCCCCCCC)COP(=O)(O)OCCN. The number of phosphoric acid groups is 1. The summed E-state index contributed by atoms with van der Waals surface area (Å²) < 4.78 is 32.9. The van der Waals surface area contributed by atoms with Crippen molar-refractivity contribution in [2.45, 2.75) is 245 Å². The molecule has 0 bridgehead atoms. The molecular weight excluding hydrogens is 774 g/mol. The van der Waals surface area contributed by atoms with E-state index in [-0.39, 0.29) is 38.6 Å². The standard InChI is InChI=1S/C50H94NO8P/c1-3-5-7-9-11-13-15-17-19-21-23-24-25-27-28-30-32-34-36-38-40-42-49(52)56-46-48(47-58-60(54,55)57-45-44-51)59-50(53)43-41-39-37-35-33-31-29-26-22-20-18-16-14-12-10-8-6-4-2/h14,16,20-23,48H,3-13,15,17-19,24-47,51H2,1-2H3,(H,54,55)/b16-14-,22-20-,23-21-. The third-order valence-corrected chi connectivity index (χ3v) is 11.7. The van der Waals surface area contributed by atoms with Crippen LogP contribution in [-0.2, 0) is 32.7 Å². The molecule has 0 aromatic carbocycles. The summed E-state index contributed by atoms with van der Waals surface area (Å²) in [4.78, 5) is 35.0. The molecule has 10 heteroatoms. The van der Waals surface area contributed by atoms with E-state index in [4.69, 9.17) is 24.3 Å². The fourth-order valence-corrected chi connectivity index (χ4v) is 7.78.